The Morgan fingerprint density at radius 3 is 1.00 bits per heavy atom. The van der Waals surface area contributed by atoms with Crippen molar-refractivity contribution in [2.75, 3.05) is 0 Å². The largest absolute Gasteiger partial charge is 0.440 e. The summed E-state index contributed by atoms with van der Waals surface area (Å²) in [5, 5.41) is 0. The summed E-state index contributed by atoms with van der Waals surface area (Å²) < 4.78 is 11.3. The molecule has 0 radical (unpaired) electrons. The molecule has 0 saturated heterocycles. The van der Waals surface area contributed by atoms with Gasteiger partial charge in [0.2, 0.25) is 0 Å². The van der Waals surface area contributed by atoms with Crippen LogP contribution in [-0.2, 0) is 9.31 Å². The molecule has 2 nitrogen and oxygen atoms in total. The van der Waals surface area contributed by atoms with E-state index in [0.717, 1.165) is 0 Å². The van der Waals surface area contributed by atoms with Crippen LogP contribution in [0.5, 0.6) is 0 Å². The maximum Gasteiger partial charge on any atom is 0.440 e. The van der Waals surface area contributed by atoms with Crippen LogP contribution < -0.4 is 0 Å². The highest BCUT2D eigenvalue weighted by molar-refractivity contribution is 9.10. The minimum atomic E-state index is -0.338. The lowest BCUT2D eigenvalue weighted by molar-refractivity contribution is 0.0109. The van der Waals surface area contributed by atoms with Crippen LogP contribution in [0.1, 0.15) is 55.4 Å². The number of rotatable bonds is 8. The summed E-state index contributed by atoms with van der Waals surface area (Å²) in [4.78, 5) is 0. The topological polar surface area (TPSA) is 18.5 Å². The Kier molecular flexibility index (Phi) is 8.20. The van der Waals surface area contributed by atoms with Crippen LogP contribution in [0.15, 0.2) is 0 Å². The number of hydrogen-bond donors (Lipinski definition) is 0. The minimum Gasteiger partial charge on any atom is -0.398 e. The van der Waals surface area contributed by atoms with Gasteiger partial charge in [-0.2, -0.15) is 0 Å². The van der Waals surface area contributed by atoms with Gasteiger partial charge in [0.1, 0.15) is 9.02 Å². The van der Waals surface area contributed by atoms with Crippen molar-refractivity contribution in [3.63, 3.8) is 0 Å². The monoisotopic (exact) mass is 398 g/mol. The molecule has 0 atom stereocenters. The third-order valence-electron chi connectivity index (χ3n) is 3.71. The molecular weight excluding hydrogens is 371 g/mol. The maximum absolute atomic E-state index is 6.01. The van der Waals surface area contributed by atoms with Crippen LogP contribution in [0.4, 0.5) is 0 Å². The molecule has 0 heterocycles. The second-order valence-electron chi connectivity index (χ2n) is 6.42. The zero-order valence-electron chi connectivity index (χ0n) is 13.6. The smallest absolute Gasteiger partial charge is 0.398 e. The Labute approximate surface area is 137 Å². The fourth-order valence-corrected chi connectivity index (χ4v) is 2.40. The van der Waals surface area contributed by atoms with Gasteiger partial charge in [0.05, 0.1) is 0 Å². The van der Waals surface area contributed by atoms with Gasteiger partial charge in [-0.05, 0) is 23.7 Å². The molecule has 0 aromatic heterocycles. The van der Waals surface area contributed by atoms with Gasteiger partial charge < -0.3 is 9.31 Å². The lowest BCUT2D eigenvalue weighted by Gasteiger charge is -2.39. The predicted molar refractivity (Wildman–Crippen MR) is 92.0 cm³/mol. The lowest BCUT2D eigenvalue weighted by Crippen LogP contribution is -2.43. The summed E-state index contributed by atoms with van der Waals surface area (Å²) in [6, 6.07) is 0. The maximum atomic E-state index is 6.01. The van der Waals surface area contributed by atoms with Crippen LogP contribution >= 0.6 is 31.9 Å². The van der Waals surface area contributed by atoms with E-state index in [1.54, 1.807) is 0 Å². The first kappa shape index (κ1) is 19.9. The predicted octanol–water partition coefficient (Wildman–Crippen LogP) is 5.09. The van der Waals surface area contributed by atoms with Crippen molar-refractivity contribution in [2.45, 2.75) is 64.4 Å². The molecule has 0 N–H and O–H groups in total. The van der Waals surface area contributed by atoms with Crippen molar-refractivity contribution >= 4 is 39.5 Å². The normalized spacial score (nSPS) is 14.0. The van der Waals surface area contributed by atoms with Gasteiger partial charge in [-0.1, -0.05) is 87.2 Å². The third kappa shape index (κ3) is 5.01. The molecule has 5 heteroatoms. The highest BCUT2D eigenvalue weighted by Gasteiger charge is 2.39. The minimum absolute atomic E-state index is 0.281. The van der Waals surface area contributed by atoms with E-state index in [9.17, 15) is 0 Å². The van der Waals surface area contributed by atoms with E-state index in [-0.39, 0.29) is 16.7 Å². The summed E-state index contributed by atoms with van der Waals surface area (Å²) in [7, 11) is 0.281. The Bertz CT molecular complexity index is 226. The van der Waals surface area contributed by atoms with Crippen LogP contribution in [0.3, 0.4) is 0 Å². The Hall–Kier alpha value is 0.945. The molecule has 0 unspecified atom stereocenters. The zero-order chi connectivity index (χ0) is 15.4. The fourth-order valence-electron chi connectivity index (χ4n) is 2.21. The quantitative estimate of drug-likeness (QED) is 0.418. The number of halogens is 2. The Morgan fingerprint density at radius 2 is 0.842 bits per heavy atom. The summed E-state index contributed by atoms with van der Waals surface area (Å²) in [6.07, 6.45) is 0. The molecular formula is C14H29BBr2O2. The van der Waals surface area contributed by atoms with E-state index in [0.29, 0.717) is 23.7 Å². The van der Waals surface area contributed by atoms with Crippen LogP contribution in [0.25, 0.3) is 0 Å². The lowest BCUT2D eigenvalue weighted by atomic mass is 9.94. The molecule has 0 aliphatic heterocycles. The summed E-state index contributed by atoms with van der Waals surface area (Å²) in [5.74, 6) is 1.50. The Balaban J connectivity index is 4.65. The van der Waals surface area contributed by atoms with Gasteiger partial charge in [0.25, 0.3) is 0 Å². The summed E-state index contributed by atoms with van der Waals surface area (Å²) in [6.45, 7) is 17.2. The van der Waals surface area contributed by atoms with Gasteiger partial charge in [-0.3, -0.25) is 0 Å². The molecule has 0 aliphatic carbocycles. The second kappa shape index (κ2) is 7.81. The second-order valence-corrected chi connectivity index (χ2v) is 8.90. The number of hydrogen-bond acceptors (Lipinski definition) is 2. The molecule has 0 aromatic carbocycles. The first-order valence-electron chi connectivity index (χ1n) is 7.14. The highest BCUT2D eigenvalue weighted by Crippen LogP contribution is 2.39. The van der Waals surface area contributed by atoms with Crippen molar-refractivity contribution in [1.29, 1.82) is 0 Å². The van der Waals surface area contributed by atoms with Gasteiger partial charge >= 0.3 is 7.69 Å². The van der Waals surface area contributed by atoms with E-state index in [4.69, 9.17) is 9.31 Å². The van der Waals surface area contributed by atoms with E-state index < -0.39 is 0 Å². The molecule has 0 aliphatic rings. The van der Waals surface area contributed by atoms with Gasteiger partial charge in [-0.25, -0.2) is 0 Å². The zero-order valence-corrected chi connectivity index (χ0v) is 16.8. The average Bonchev–Trinajstić information content (AvgIpc) is 2.27. The molecule has 0 saturated carbocycles. The van der Waals surface area contributed by atoms with E-state index in [2.05, 4.69) is 87.2 Å². The van der Waals surface area contributed by atoms with Crippen LogP contribution in [0.2, 0.25) is 0 Å². The van der Waals surface area contributed by atoms with Gasteiger partial charge in [0, 0.05) is 0 Å². The summed E-state index contributed by atoms with van der Waals surface area (Å²) >= 11 is 7.48. The van der Waals surface area contributed by atoms with Crippen molar-refractivity contribution in [3.05, 3.63) is 0 Å². The number of alkyl halides is 2. The van der Waals surface area contributed by atoms with E-state index >= 15 is 0 Å². The van der Waals surface area contributed by atoms with Crippen molar-refractivity contribution in [2.24, 2.45) is 23.7 Å². The molecule has 0 rings (SSSR count). The molecule has 0 bridgehead atoms. The third-order valence-corrected chi connectivity index (χ3v) is 7.83. The first-order chi connectivity index (χ1) is 8.48. The van der Waals surface area contributed by atoms with E-state index in [1.165, 1.54) is 0 Å². The highest BCUT2D eigenvalue weighted by atomic mass is 79.9. The molecule has 19 heavy (non-hydrogen) atoms. The van der Waals surface area contributed by atoms with Crippen molar-refractivity contribution in [1.82, 2.24) is 0 Å². The van der Waals surface area contributed by atoms with Crippen molar-refractivity contribution in [3.8, 4) is 0 Å². The molecule has 0 amide bonds. The van der Waals surface area contributed by atoms with Crippen LogP contribution in [0, 0.1) is 23.7 Å². The molecule has 0 spiro atoms. The standard InChI is InChI=1S/C14H29BBr2O2/c1-9(2)13(16,10(3)4)18-15-19-14(17,11(5)6)12(7)8/h9-12,15H,1-8H3. The molecule has 114 valence electrons. The fraction of sp³-hybridized carbons (Fsp3) is 1.00. The SMILES string of the molecule is CC(C)C(Br)(OBOC(Br)(C(C)C)C(C)C)C(C)C. The van der Waals surface area contributed by atoms with Gasteiger partial charge in [0.15, 0.2) is 0 Å². The average molecular weight is 400 g/mol. The Morgan fingerprint density at radius 1 is 0.632 bits per heavy atom. The van der Waals surface area contributed by atoms with E-state index in [1.807, 2.05) is 0 Å². The first-order valence-corrected chi connectivity index (χ1v) is 8.72. The summed E-state index contributed by atoms with van der Waals surface area (Å²) in [5.41, 5.74) is 0. The molecule has 0 fully saturated rings. The molecule has 0 aromatic rings. The van der Waals surface area contributed by atoms with Crippen LogP contribution in [-0.4, -0.2) is 16.7 Å². The van der Waals surface area contributed by atoms with Gasteiger partial charge in [-0.15, -0.1) is 0 Å². The van der Waals surface area contributed by atoms with Crippen molar-refractivity contribution < 1.29 is 9.31 Å².